The maximum Gasteiger partial charge on any atom is 0.306 e. The molecule has 21 heavy (non-hydrogen) atoms. The monoisotopic (exact) mass is 302 g/mol. The Morgan fingerprint density at radius 1 is 1.48 bits per heavy atom. The highest BCUT2D eigenvalue weighted by Crippen LogP contribution is 2.49. The summed E-state index contributed by atoms with van der Waals surface area (Å²) in [6.45, 7) is 7.37. The topological polar surface area (TPSA) is 122 Å². The first-order chi connectivity index (χ1) is 9.46. The second-order valence-electron chi connectivity index (χ2n) is 6.59. The predicted molar refractivity (Wildman–Crippen MR) is 76.6 cm³/mol. The number of aliphatic carboxylic acids is 1. The quantitative estimate of drug-likeness (QED) is 0.519. The van der Waals surface area contributed by atoms with Gasteiger partial charge >= 0.3 is 5.97 Å². The Morgan fingerprint density at radius 3 is 2.48 bits per heavy atom. The first-order valence-corrected chi connectivity index (χ1v) is 7.09. The lowest BCUT2D eigenvalue weighted by molar-refractivity contribution is -0.171. The number of carboxylic acids is 1. The molecule has 0 aliphatic heterocycles. The van der Waals surface area contributed by atoms with Crippen molar-refractivity contribution in [3.8, 4) is 0 Å². The number of ether oxygens (including phenoxy) is 1. The fourth-order valence-electron chi connectivity index (χ4n) is 2.64. The van der Waals surface area contributed by atoms with Crippen molar-refractivity contribution in [1.29, 1.82) is 0 Å². The molecule has 0 aromatic heterocycles. The van der Waals surface area contributed by atoms with Crippen LogP contribution in [0, 0.1) is 5.41 Å². The number of carboxylic acid groups (broad SMARTS) is 1. The van der Waals surface area contributed by atoms with Gasteiger partial charge in [0.05, 0.1) is 18.1 Å². The zero-order chi connectivity index (χ0) is 16.5. The number of hydrogen-bond donors (Lipinski definition) is 4. The molecule has 3 unspecified atom stereocenters. The van der Waals surface area contributed by atoms with Crippen LogP contribution in [0.2, 0.25) is 0 Å². The van der Waals surface area contributed by atoms with Crippen LogP contribution in [0.25, 0.3) is 0 Å². The van der Waals surface area contributed by atoms with Crippen molar-refractivity contribution in [2.75, 3.05) is 13.2 Å². The van der Waals surface area contributed by atoms with Crippen molar-refractivity contribution in [3.05, 3.63) is 0 Å². The number of nitrogens with one attached hydrogen (secondary N) is 1. The number of hydrogen-bond acceptors (Lipinski definition) is 5. The second kappa shape index (κ2) is 5.90. The van der Waals surface area contributed by atoms with Crippen LogP contribution in [0.4, 0.5) is 0 Å². The Hall–Kier alpha value is -1.18. The molecule has 3 atom stereocenters. The number of carbonyl (C=O) groups excluding carboxylic acids is 1. The maximum atomic E-state index is 12.3. The third-order valence-corrected chi connectivity index (χ3v) is 4.40. The molecular weight excluding hydrogens is 276 g/mol. The van der Waals surface area contributed by atoms with Gasteiger partial charge in [0.1, 0.15) is 5.54 Å². The second-order valence-corrected chi connectivity index (χ2v) is 6.59. The average Bonchev–Trinajstić information content (AvgIpc) is 2.34. The smallest absolute Gasteiger partial charge is 0.306 e. The van der Waals surface area contributed by atoms with E-state index in [9.17, 15) is 14.7 Å². The minimum Gasteiger partial charge on any atom is -0.481 e. The van der Waals surface area contributed by atoms with Gasteiger partial charge in [0.25, 0.3) is 0 Å². The minimum atomic E-state index is -1.51. The summed E-state index contributed by atoms with van der Waals surface area (Å²) in [6.07, 6.45) is -0.130. The van der Waals surface area contributed by atoms with E-state index in [1.54, 1.807) is 0 Å². The van der Waals surface area contributed by atoms with Gasteiger partial charge in [-0.2, -0.15) is 0 Å². The summed E-state index contributed by atoms with van der Waals surface area (Å²) in [7, 11) is 0. The fourth-order valence-corrected chi connectivity index (χ4v) is 2.64. The molecular formula is C14H26N2O5. The van der Waals surface area contributed by atoms with Crippen LogP contribution >= 0.6 is 0 Å². The maximum absolute atomic E-state index is 12.3. The highest BCUT2D eigenvalue weighted by Gasteiger charge is 2.62. The molecule has 1 aliphatic carbocycles. The Kier molecular flexibility index (Phi) is 5.02. The lowest BCUT2D eigenvalue weighted by Crippen LogP contribution is -2.76. The molecule has 7 nitrogen and oxygen atoms in total. The number of aliphatic hydroxyl groups is 1. The molecule has 1 aliphatic rings. The lowest BCUT2D eigenvalue weighted by Gasteiger charge is -2.57. The van der Waals surface area contributed by atoms with E-state index < -0.39 is 34.9 Å². The van der Waals surface area contributed by atoms with Crippen LogP contribution < -0.4 is 11.1 Å². The predicted octanol–water partition coefficient (Wildman–Crippen LogP) is -0.139. The van der Waals surface area contributed by atoms with Crippen LogP contribution in [-0.4, -0.2) is 52.5 Å². The number of carbonyl (C=O) groups is 2. The Labute approximate surface area is 124 Å². The minimum absolute atomic E-state index is 0.0854. The largest absolute Gasteiger partial charge is 0.481 e. The summed E-state index contributed by atoms with van der Waals surface area (Å²) in [5.41, 5.74) is 3.08. The highest BCUT2D eigenvalue weighted by atomic mass is 16.5. The van der Waals surface area contributed by atoms with Crippen LogP contribution in [0.15, 0.2) is 0 Å². The summed E-state index contributed by atoms with van der Waals surface area (Å²) < 4.78 is 5.55. The van der Waals surface area contributed by atoms with Crippen molar-refractivity contribution in [1.82, 2.24) is 5.32 Å². The van der Waals surface area contributed by atoms with Crippen molar-refractivity contribution in [2.45, 2.75) is 57.8 Å². The molecule has 1 rings (SSSR count). The Bertz CT molecular complexity index is 422. The van der Waals surface area contributed by atoms with Crippen molar-refractivity contribution >= 4 is 11.9 Å². The van der Waals surface area contributed by atoms with Gasteiger partial charge in [-0.15, -0.1) is 0 Å². The zero-order valence-corrected chi connectivity index (χ0v) is 13.1. The number of amides is 1. The number of nitrogens with two attached hydrogens (primary N) is 1. The molecule has 0 aromatic rings. The molecule has 5 N–H and O–H groups in total. The molecule has 0 heterocycles. The van der Waals surface area contributed by atoms with E-state index >= 15 is 0 Å². The summed E-state index contributed by atoms with van der Waals surface area (Å²) in [4.78, 5) is 22.9. The van der Waals surface area contributed by atoms with Crippen LogP contribution in [0.1, 0.15) is 40.5 Å². The molecule has 0 saturated heterocycles. The van der Waals surface area contributed by atoms with E-state index in [-0.39, 0.29) is 12.6 Å². The molecule has 0 radical (unpaired) electrons. The Morgan fingerprint density at radius 2 is 2.05 bits per heavy atom. The third-order valence-electron chi connectivity index (χ3n) is 4.40. The standard InChI is InChI=1S/C14H26N2O5/c1-5-21-9-6-14(15,12(9,2)3)11(19)16-8-13(4,20)7-10(17)18/h9,20H,5-8,15H2,1-4H3,(H,16,19)(H,17,18). The first kappa shape index (κ1) is 17.9. The SMILES string of the molecule is CCOC1CC(N)(C(=O)NCC(C)(O)CC(=O)O)C1(C)C. The molecule has 7 heteroatoms. The van der Waals surface area contributed by atoms with E-state index in [1.165, 1.54) is 6.92 Å². The summed E-state index contributed by atoms with van der Waals surface area (Å²) in [5, 5.41) is 21.1. The molecule has 1 amide bonds. The van der Waals surface area contributed by atoms with Gasteiger partial charge in [-0.25, -0.2) is 0 Å². The van der Waals surface area contributed by atoms with Gasteiger partial charge in [0, 0.05) is 25.0 Å². The van der Waals surface area contributed by atoms with Crippen molar-refractivity contribution < 1.29 is 24.5 Å². The van der Waals surface area contributed by atoms with Gasteiger partial charge in [-0.3, -0.25) is 9.59 Å². The zero-order valence-electron chi connectivity index (χ0n) is 13.1. The summed E-state index contributed by atoms with van der Waals surface area (Å²) >= 11 is 0. The fraction of sp³-hybridized carbons (Fsp3) is 0.857. The van der Waals surface area contributed by atoms with E-state index in [2.05, 4.69) is 5.32 Å². The molecule has 0 bridgehead atoms. The normalized spacial score (nSPS) is 30.1. The third kappa shape index (κ3) is 3.53. The van der Waals surface area contributed by atoms with Crippen LogP contribution in [-0.2, 0) is 14.3 Å². The van der Waals surface area contributed by atoms with Gasteiger partial charge in [0.15, 0.2) is 0 Å². The van der Waals surface area contributed by atoms with Gasteiger partial charge in [0.2, 0.25) is 5.91 Å². The van der Waals surface area contributed by atoms with E-state index in [1.807, 2.05) is 20.8 Å². The van der Waals surface area contributed by atoms with Crippen LogP contribution in [0.5, 0.6) is 0 Å². The van der Waals surface area contributed by atoms with Crippen LogP contribution in [0.3, 0.4) is 0 Å². The molecule has 122 valence electrons. The average molecular weight is 302 g/mol. The molecule has 0 spiro atoms. The van der Waals surface area contributed by atoms with Crippen molar-refractivity contribution in [3.63, 3.8) is 0 Å². The molecule has 1 saturated carbocycles. The first-order valence-electron chi connectivity index (χ1n) is 7.09. The van der Waals surface area contributed by atoms with Crippen molar-refractivity contribution in [2.24, 2.45) is 11.1 Å². The molecule has 1 fully saturated rings. The lowest BCUT2D eigenvalue weighted by atomic mass is 9.54. The van der Waals surface area contributed by atoms with E-state index in [4.69, 9.17) is 15.6 Å². The summed E-state index contributed by atoms with van der Waals surface area (Å²) in [5.74, 6) is -1.52. The van der Waals surface area contributed by atoms with Gasteiger partial charge in [-0.1, -0.05) is 13.8 Å². The van der Waals surface area contributed by atoms with E-state index in [0.29, 0.717) is 13.0 Å². The molecule has 0 aromatic carbocycles. The van der Waals surface area contributed by atoms with Gasteiger partial charge < -0.3 is 26.0 Å². The number of rotatable bonds is 7. The van der Waals surface area contributed by atoms with Gasteiger partial charge in [-0.05, 0) is 13.8 Å². The van der Waals surface area contributed by atoms with E-state index in [0.717, 1.165) is 0 Å². The Balaban J connectivity index is 2.62. The highest BCUT2D eigenvalue weighted by molar-refractivity contribution is 5.89. The summed E-state index contributed by atoms with van der Waals surface area (Å²) in [6, 6.07) is 0.